The fourth-order valence-electron chi connectivity index (χ4n) is 5.14. The number of alkyl halides is 9. The maximum atomic E-state index is 14.4. The van der Waals surface area contributed by atoms with Crippen molar-refractivity contribution >= 4 is 20.4 Å². The predicted molar refractivity (Wildman–Crippen MR) is 161 cm³/mol. The number of benzene rings is 4. The van der Waals surface area contributed by atoms with E-state index in [2.05, 4.69) is 0 Å². The molecule has 260 valence electrons. The largest absolute Gasteiger partial charge is 0.488 e. The van der Waals surface area contributed by atoms with Crippen LogP contribution in [-0.4, -0.2) is 14.0 Å². The minimum Gasteiger partial charge on any atom is -0.488 e. The Hall–Kier alpha value is -3.69. The Morgan fingerprint density at radius 1 is 0.562 bits per heavy atom. The second-order valence-electron chi connectivity index (χ2n) is 11.7. The Bertz CT molecular complexity index is 1800. The van der Waals surface area contributed by atoms with Gasteiger partial charge in [-0.15, -0.1) is 0 Å². The van der Waals surface area contributed by atoms with Crippen LogP contribution in [0.4, 0.5) is 39.5 Å². The van der Waals surface area contributed by atoms with E-state index in [-0.39, 0.29) is 14.7 Å². The molecular weight excluding hydrogens is 695 g/mol. The minimum atomic E-state index is -6.23. The molecule has 4 aromatic carbocycles. The molecule has 0 unspecified atom stereocenters. The highest BCUT2D eigenvalue weighted by atomic mass is 32.3. The van der Waals surface area contributed by atoms with Crippen molar-refractivity contribution in [1.82, 2.24) is 0 Å². The molecule has 0 radical (unpaired) electrons. The first-order valence-corrected chi connectivity index (χ1v) is 16.9. The van der Waals surface area contributed by atoms with Crippen molar-refractivity contribution in [2.24, 2.45) is 0 Å². The van der Waals surface area contributed by atoms with Crippen molar-refractivity contribution in [3.8, 4) is 5.75 Å². The van der Waals surface area contributed by atoms with Crippen LogP contribution in [0.3, 0.4) is 0 Å². The van der Waals surface area contributed by atoms with Gasteiger partial charge in [-0.2, -0.15) is 47.9 Å². The van der Waals surface area contributed by atoms with Crippen molar-refractivity contribution in [3.63, 3.8) is 0 Å². The zero-order chi connectivity index (χ0) is 36.1. The number of hydrogen-bond acceptors (Lipinski definition) is 4. The van der Waals surface area contributed by atoms with Gasteiger partial charge in [0.15, 0.2) is 0 Å². The molecule has 0 spiro atoms. The number of halogens is 9. The van der Waals surface area contributed by atoms with Crippen molar-refractivity contribution in [2.75, 3.05) is 0 Å². The highest BCUT2D eigenvalue weighted by Crippen LogP contribution is 2.72. The van der Waals surface area contributed by atoms with Gasteiger partial charge in [-0.3, -0.25) is 0 Å². The Morgan fingerprint density at radius 3 is 1.29 bits per heavy atom. The first kappa shape index (κ1) is 37.1. The van der Waals surface area contributed by atoms with Gasteiger partial charge in [-0.25, -0.2) is 3.63 Å². The van der Waals surface area contributed by atoms with Gasteiger partial charge in [0.1, 0.15) is 16.2 Å². The van der Waals surface area contributed by atoms with Crippen molar-refractivity contribution < 1.29 is 56.3 Å². The first-order chi connectivity index (χ1) is 21.9. The van der Waals surface area contributed by atoms with E-state index in [1.54, 1.807) is 46.8 Å². The normalized spacial score (nSPS) is 13.8. The molecular formula is C33H29F9O4S2. The van der Waals surface area contributed by atoms with Crippen LogP contribution >= 0.6 is 10.3 Å². The molecule has 0 atom stereocenters. The van der Waals surface area contributed by atoms with Crippen LogP contribution in [0.25, 0.3) is 0 Å². The maximum absolute atomic E-state index is 14.4. The SMILES string of the molecule is Cc1cc(OC(C)(C)C)cc(C)c1S(OS(=O)(=O)c1c(C(F)(F)F)cc(C(F)(F)F)cc1C(F)(F)F)(c1ccccc1)c1ccccc1. The van der Waals surface area contributed by atoms with Gasteiger partial charge >= 0.3 is 28.6 Å². The Morgan fingerprint density at radius 2 is 0.958 bits per heavy atom. The fraction of sp³-hybridized carbons (Fsp3) is 0.273. The lowest BCUT2D eigenvalue weighted by atomic mass is 10.0. The van der Waals surface area contributed by atoms with E-state index in [0.717, 1.165) is 0 Å². The zero-order valence-electron chi connectivity index (χ0n) is 25.9. The highest BCUT2D eigenvalue weighted by Gasteiger charge is 2.51. The number of aryl methyl sites for hydroxylation is 2. The molecule has 15 heteroatoms. The van der Waals surface area contributed by atoms with Gasteiger partial charge in [0.2, 0.25) is 0 Å². The molecule has 4 nitrogen and oxygen atoms in total. The van der Waals surface area contributed by atoms with E-state index in [1.807, 2.05) is 0 Å². The maximum Gasteiger partial charge on any atom is 0.417 e. The van der Waals surface area contributed by atoms with Gasteiger partial charge in [0.05, 0.1) is 16.7 Å². The lowest BCUT2D eigenvalue weighted by Crippen LogP contribution is -2.25. The summed E-state index contributed by atoms with van der Waals surface area (Å²) in [4.78, 5) is -2.25. The second-order valence-corrected chi connectivity index (χ2v) is 16.0. The summed E-state index contributed by atoms with van der Waals surface area (Å²) < 4.78 is 167. The summed E-state index contributed by atoms with van der Waals surface area (Å²) in [5.74, 6) is 0.333. The summed E-state index contributed by atoms with van der Waals surface area (Å²) in [6, 6.07) is 16.3. The van der Waals surface area contributed by atoms with E-state index in [9.17, 15) is 47.9 Å². The van der Waals surface area contributed by atoms with Crippen LogP contribution in [0.1, 0.15) is 48.6 Å². The molecule has 0 aliphatic carbocycles. The lowest BCUT2D eigenvalue weighted by molar-refractivity contribution is -0.152. The number of ether oxygens (including phenoxy) is 1. The van der Waals surface area contributed by atoms with Crippen LogP contribution in [0.5, 0.6) is 5.75 Å². The monoisotopic (exact) mass is 724 g/mol. The Kier molecular flexibility index (Phi) is 9.78. The first-order valence-electron chi connectivity index (χ1n) is 14.0. The molecule has 4 rings (SSSR count). The van der Waals surface area contributed by atoms with Crippen LogP contribution in [0.2, 0.25) is 0 Å². The van der Waals surface area contributed by atoms with Gasteiger partial charge in [-0.1, -0.05) is 36.4 Å². The van der Waals surface area contributed by atoms with E-state index >= 15 is 0 Å². The highest BCUT2D eigenvalue weighted by molar-refractivity contribution is 8.33. The van der Waals surface area contributed by atoms with E-state index in [0.29, 0.717) is 16.9 Å². The second kappa shape index (κ2) is 12.6. The van der Waals surface area contributed by atoms with Gasteiger partial charge < -0.3 is 4.74 Å². The smallest absolute Gasteiger partial charge is 0.417 e. The summed E-state index contributed by atoms with van der Waals surface area (Å²) in [6.45, 7) is 8.39. The van der Waals surface area contributed by atoms with Gasteiger partial charge in [0.25, 0.3) is 0 Å². The Labute approximate surface area is 273 Å². The predicted octanol–water partition coefficient (Wildman–Crippen LogP) is 11.1. The third kappa shape index (κ3) is 7.62. The van der Waals surface area contributed by atoms with Crippen LogP contribution in [-0.2, 0) is 32.3 Å². The molecule has 0 amide bonds. The Balaban J connectivity index is 2.19. The standard InChI is InChI=1S/C33H29F9O4S2/c1-20-16-23(45-30(3,4)5)17-21(2)28(20)47(24-12-8-6-9-13-24,25-14-10-7-11-15-25)46-48(43,44)29-26(32(37,38)39)18-22(31(34,35)36)19-27(29)33(40,41)42/h6-19H,1-5H3. The van der Waals surface area contributed by atoms with Crippen LogP contribution in [0.15, 0.2) is 105 Å². The van der Waals surface area contributed by atoms with Crippen LogP contribution in [0, 0.1) is 13.8 Å². The molecule has 0 aromatic heterocycles. The molecule has 0 heterocycles. The summed E-state index contributed by atoms with van der Waals surface area (Å²) in [5.41, 5.74) is -7.76. The van der Waals surface area contributed by atoms with Crippen molar-refractivity contribution in [2.45, 2.75) is 78.3 Å². The molecule has 0 bridgehead atoms. The topological polar surface area (TPSA) is 52.6 Å². The average Bonchev–Trinajstić information content (AvgIpc) is 2.94. The van der Waals surface area contributed by atoms with Crippen molar-refractivity contribution in [3.05, 3.63) is 113 Å². The molecule has 0 aliphatic rings. The number of rotatable bonds is 7. The molecule has 0 aliphatic heterocycles. The molecule has 0 N–H and O–H groups in total. The van der Waals surface area contributed by atoms with E-state index < -0.39 is 78.3 Å². The third-order valence-electron chi connectivity index (χ3n) is 6.76. The van der Waals surface area contributed by atoms with Crippen molar-refractivity contribution in [1.29, 1.82) is 0 Å². The minimum absolute atomic E-state index is 0.0597. The third-order valence-corrected chi connectivity index (χ3v) is 12.3. The quantitative estimate of drug-likeness (QED) is 0.178. The fourth-order valence-corrected chi connectivity index (χ4v) is 11.1. The molecule has 4 aromatic rings. The summed E-state index contributed by atoms with van der Waals surface area (Å²) >= 11 is 0. The van der Waals surface area contributed by atoms with E-state index in [4.69, 9.17) is 8.37 Å². The zero-order valence-corrected chi connectivity index (χ0v) is 27.6. The van der Waals surface area contributed by atoms with Gasteiger partial charge in [-0.05, 0) is 105 Å². The van der Waals surface area contributed by atoms with Crippen LogP contribution < -0.4 is 4.74 Å². The molecule has 0 fully saturated rings. The summed E-state index contributed by atoms with van der Waals surface area (Å²) in [6.07, 6.45) is -17.7. The molecule has 0 saturated carbocycles. The average molecular weight is 725 g/mol. The molecule has 48 heavy (non-hydrogen) atoms. The molecule has 0 saturated heterocycles. The lowest BCUT2D eigenvalue weighted by Gasteiger charge is -2.41. The summed E-state index contributed by atoms with van der Waals surface area (Å²) in [7, 11) is -10.0. The van der Waals surface area contributed by atoms with Gasteiger partial charge in [0, 0.05) is 14.7 Å². The summed E-state index contributed by atoms with van der Waals surface area (Å²) in [5, 5.41) is 0. The number of hydrogen-bond donors (Lipinski definition) is 0. The van der Waals surface area contributed by atoms with E-state index in [1.165, 1.54) is 60.7 Å².